The topological polar surface area (TPSA) is 63.5 Å². The Bertz CT molecular complexity index is 519. The molecule has 1 heterocycles. The zero-order valence-electron chi connectivity index (χ0n) is 10.6. The van der Waals surface area contributed by atoms with Crippen molar-refractivity contribution in [2.75, 3.05) is 6.54 Å². The van der Waals surface area contributed by atoms with E-state index in [9.17, 15) is 14.9 Å². The van der Waals surface area contributed by atoms with Gasteiger partial charge in [-0.05, 0) is 27.4 Å². The van der Waals surface area contributed by atoms with Crippen molar-refractivity contribution < 1.29 is 9.72 Å². The molecule has 102 valence electrons. The van der Waals surface area contributed by atoms with Crippen LogP contribution >= 0.6 is 15.9 Å². The number of nitrogens with zero attached hydrogens (tertiary/aromatic N) is 2. The number of rotatable bonds is 4. The predicted octanol–water partition coefficient (Wildman–Crippen LogP) is 3.12. The fourth-order valence-corrected chi connectivity index (χ4v) is 2.85. The molecule has 5 nitrogen and oxygen atoms in total. The molecular weight excluding hydrogens is 312 g/mol. The second-order valence-electron chi connectivity index (χ2n) is 4.76. The van der Waals surface area contributed by atoms with Gasteiger partial charge < -0.3 is 4.90 Å². The van der Waals surface area contributed by atoms with Crippen LogP contribution in [0, 0.1) is 16.0 Å². The number of benzene rings is 1. The summed E-state index contributed by atoms with van der Waals surface area (Å²) in [6.07, 6.45) is 1.57. The molecule has 1 atom stereocenters. The Morgan fingerprint density at radius 1 is 1.53 bits per heavy atom. The van der Waals surface area contributed by atoms with E-state index in [2.05, 4.69) is 22.9 Å². The number of nitro groups is 1. The Morgan fingerprint density at radius 2 is 2.26 bits per heavy atom. The Morgan fingerprint density at radius 3 is 2.84 bits per heavy atom. The van der Waals surface area contributed by atoms with Crippen molar-refractivity contribution in [3.05, 3.63) is 38.3 Å². The van der Waals surface area contributed by atoms with Crippen LogP contribution in [0.4, 0.5) is 5.69 Å². The van der Waals surface area contributed by atoms with Gasteiger partial charge in [0, 0.05) is 25.6 Å². The first-order valence-corrected chi connectivity index (χ1v) is 7.01. The number of nitro benzene ring substituents is 1. The van der Waals surface area contributed by atoms with Gasteiger partial charge in [0.1, 0.15) is 4.47 Å². The molecule has 0 spiro atoms. The highest BCUT2D eigenvalue weighted by atomic mass is 79.9. The van der Waals surface area contributed by atoms with Crippen LogP contribution in [0.2, 0.25) is 0 Å². The third kappa shape index (κ3) is 2.94. The number of hydrogen-bond donors (Lipinski definition) is 0. The van der Waals surface area contributed by atoms with Gasteiger partial charge in [0.15, 0.2) is 0 Å². The third-order valence-electron chi connectivity index (χ3n) is 3.49. The van der Waals surface area contributed by atoms with Crippen LogP contribution in [0.5, 0.6) is 0 Å². The maximum absolute atomic E-state index is 11.9. The number of amides is 1. The molecular formula is C13H15BrN2O3. The lowest BCUT2D eigenvalue weighted by Gasteiger charge is -2.17. The van der Waals surface area contributed by atoms with Crippen molar-refractivity contribution in [3.63, 3.8) is 0 Å². The highest BCUT2D eigenvalue weighted by Crippen LogP contribution is 2.31. The van der Waals surface area contributed by atoms with Crippen LogP contribution < -0.4 is 0 Å². The SMILES string of the molecule is CCC1CC(=O)N(Cc2cccc([N+](=O)[O-])c2Br)C1. The first kappa shape index (κ1) is 14.0. The van der Waals surface area contributed by atoms with Crippen molar-refractivity contribution in [2.24, 2.45) is 5.92 Å². The predicted molar refractivity (Wildman–Crippen MR) is 74.6 cm³/mol. The largest absolute Gasteiger partial charge is 0.338 e. The average Bonchev–Trinajstić information content (AvgIpc) is 2.72. The van der Waals surface area contributed by atoms with Gasteiger partial charge in [0.05, 0.1) is 4.92 Å². The number of carbonyl (C=O) groups is 1. The van der Waals surface area contributed by atoms with Crippen molar-refractivity contribution in [2.45, 2.75) is 26.3 Å². The second kappa shape index (κ2) is 5.69. The average molecular weight is 327 g/mol. The smallest absolute Gasteiger partial charge is 0.283 e. The summed E-state index contributed by atoms with van der Waals surface area (Å²) in [5.74, 6) is 0.537. The van der Waals surface area contributed by atoms with E-state index in [-0.39, 0.29) is 11.6 Å². The lowest BCUT2D eigenvalue weighted by molar-refractivity contribution is -0.385. The zero-order chi connectivity index (χ0) is 14.0. The molecule has 6 heteroatoms. The summed E-state index contributed by atoms with van der Waals surface area (Å²) in [4.78, 5) is 24.1. The van der Waals surface area contributed by atoms with Crippen molar-refractivity contribution >= 4 is 27.5 Å². The lowest BCUT2D eigenvalue weighted by Crippen LogP contribution is -2.24. The Kier molecular flexibility index (Phi) is 4.19. The van der Waals surface area contributed by atoms with Crippen LogP contribution in [0.1, 0.15) is 25.3 Å². The molecule has 0 saturated carbocycles. The zero-order valence-corrected chi connectivity index (χ0v) is 12.2. The molecule has 0 N–H and O–H groups in total. The minimum atomic E-state index is -0.422. The van der Waals surface area contributed by atoms with Crippen LogP contribution in [-0.2, 0) is 11.3 Å². The summed E-state index contributed by atoms with van der Waals surface area (Å²) in [6.45, 7) is 3.24. The van der Waals surface area contributed by atoms with Gasteiger partial charge in [0.25, 0.3) is 5.69 Å². The first-order valence-electron chi connectivity index (χ1n) is 6.22. The van der Waals surface area contributed by atoms with Gasteiger partial charge in [-0.25, -0.2) is 0 Å². The number of likely N-dealkylation sites (tertiary alicyclic amines) is 1. The molecule has 1 aromatic carbocycles. The van der Waals surface area contributed by atoms with Crippen molar-refractivity contribution in [1.29, 1.82) is 0 Å². The van der Waals surface area contributed by atoms with Crippen molar-refractivity contribution in [3.8, 4) is 0 Å². The summed E-state index contributed by atoms with van der Waals surface area (Å²) < 4.78 is 0.466. The van der Waals surface area contributed by atoms with E-state index in [1.165, 1.54) is 6.07 Å². The van der Waals surface area contributed by atoms with E-state index in [1.54, 1.807) is 11.0 Å². The van der Waals surface area contributed by atoms with Gasteiger partial charge in [-0.1, -0.05) is 25.5 Å². The molecule has 2 rings (SSSR count). The molecule has 0 bridgehead atoms. The van der Waals surface area contributed by atoms with Crippen molar-refractivity contribution in [1.82, 2.24) is 4.90 Å². The summed E-state index contributed by atoms with van der Waals surface area (Å²) in [5.41, 5.74) is 0.815. The summed E-state index contributed by atoms with van der Waals surface area (Å²) >= 11 is 3.26. The maximum Gasteiger partial charge on any atom is 0.283 e. The number of hydrogen-bond acceptors (Lipinski definition) is 3. The molecule has 1 fully saturated rings. The quantitative estimate of drug-likeness (QED) is 0.630. The molecule has 0 radical (unpaired) electrons. The highest BCUT2D eigenvalue weighted by molar-refractivity contribution is 9.10. The van der Waals surface area contributed by atoms with Crippen LogP contribution in [0.3, 0.4) is 0 Å². The second-order valence-corrected chi connectivity index (χ2v) is 5.55. The Labute approximate surface area is 119 Å². The highest BCUT2D eigenvalue weighted by Gasteiger charge is 2.29. The molecule has 0 aromatic heterocycles. The number of halogens is 1. The molecule has 1 amide bonds. The first-order chi connectivity index (χ1) is 9.02. The lowest BCUT2D eigenvalue weighted by atomic mass is 10.1. The number of carbonyl (C=O) groups excluding carboxylic acids is 1. The Balaban J connectivity index is 2.18. The molecule has 1 aromatic rings. The molecule has 1 aliphatic rings. The van der Waals surface area contributed by atoms with E-state index in [4.69, 9.17) is 0 Å². The van der Waals surface area contributed by atoms with E-state index >= 15 is 0 Å². The minimum Gasteiger partial charge on any atom is -0.338 e. The fourth-order valence-electron chi connectivity index (χ4n) is 2.32. The fraction of sp³-hybridized carbons (Fsp3) is 0.462. The standard InChI is InChI=1S/C13H15BrN2O3/c1-2-9-6-12(17)15(7-9)8-10-4-3-5-11(13(10)14)16(18)19/h3-5,9H,2,6-8H2,1H3. The monoisotopic (exact) mass is 326 g/mol. The van der Waals surface area contributed by atoms with E-state index in [1.807, 2.05) is 6.07 Å². The van der Waals surface area contributed by atoms with E-state index < -0.39 is 4.92 Å². The van der Waals surface area contributed by atoms with E-state index in [0.29, 0.717) is 23.4 Å². The summed E-state index contributed by atoms with van der Waals surface area (Å²) in [5, 5.41) is 10.9. The Hall–Kier alpha value is -1.43. The summed E-state index contributed by atoms with van der Waals surface area (Å²) in [6, 6.07) is 4.91. The molecule has 0 aliphatic carbocycles. The third-order valence-corrected chi connectivity index (χ3v) is 4.40. The van der Waals surface area contributed by atoms with Crippen LogP contribution in [-0.4, -0.2) is 22.3 Å². The van der Waals surface area contributed by atoms with Gasteiger partial charge in [-0.2, -0.15) is 0 Å². The molecule has 1 aliphatic heterocycles. The van der Waals surface area contributed by atoms with Gasteiger partial charge >= 0.3 is 0 Å². The minimum absolute atomic E-state index is 0.0381. The molecule has 1 unspecified atom stereocenters. The van der Waals surface area contributed by atoms with Gasteiger partial charge in [-0.3, -0.25) is 14.9 Å². The van der Waals surface area contributed by atoms with Gasteiger partial charge in [0.2, 0.25) is 5.91 Å². The van der Waals surface area contributed by atoms with Crippen LogP contribution in [0.25, 0.3) is 0 Å². The summed E-state index contributed by atoms with van der Waals surface area (Å²) in [7, 11) is 0. The molecule has 1 saturated heterocycles. The molecule has 19 heavy (non-hydrogen) atoms. The maximum atomic E-state index is 11.9. The van der Waals surface area contributed by atoms with Crippen LogP contribution in [0.15, 0.2) is 22.7 Å². The van der Waals surface area contributed by atoms with Gasteiger partial charge in [-0.15, -0.1) is 0 Å². The normalized spacial score (nSPS) is 18.9. The van der Waals surface area contributed by atoms with E-state index in [0.717, 1.165) is 18.5 Å².